The van der Waals surface area contributed by atoms with Gasteiger partial charge < -0.3 is 24.3 Å². The molecule has 1 atom stereocenters. The average Bonchev–Trinajstić information content (AvgIpc) is 3.10. The smallest absolute Gasteiger partial charge is 0.274 e. The summed E-state index contributed by atoms with van der Waals surface area (Å²) in [6, 6.07) is 11.8. The molecule has 2 aromatic carbocycles. The lowest BCUT2D eigenvalue weighted by molar-refractivity contribution is 0.0682. The van der Waals surface area contributed by atoms with Gasteiger partial charge in [-0.05, 0) is 11.6 Å². The van der Waals surface area contributed by atoms with Gasteiger partial charge in [0.25, 0.3) is 11.8 Å². The number of benzene rings is 2. The Labute approximate surface area is 205 Å². The summed E-state index contributed by atoms with van der Waals surface area (Å²) in [6.07, 6.45) is 1.33. The number of nitrogens with zero attached hydrogens (tertiary/aromatic N) is 2. The molecule has 10 heteroatoms. The maximum atomic E-state index is 14.0. The number of aromatic nitrogens is 1. The Bertz CT molecular complexity index is 1380. The van der Waals surface area contributed by atoms with E-state index in [-0.39, 0.29) is 47.7 Å². The molecule has 2 aliphatic rings. The van der Waals surface area contributed by atoms with Gasteiger partial charge in [0.2, 0.25) is 5.43 Å². The van der Waals surface area contributed by atoms with Crippen molar-refractivity contribution in [1.82, 2.24) is 14.8 Å². The first-order valence-corrected chi connectivity index (χ1v) is 11.5. The Kier molecular flexibility index (Phi) is 6.51. The van der Waals surface area contributed by atoms with Crippen molar-refractivity contribution in [2.24, 2.45) is 0 Å². The van der Waals surface area contributed by atoms with Gasteiger partial charge in [0.1, 0.15) is 23.8 Å². The first-order valence-electron chi connectivity index (χ1n) is 11.5. The number of pyridine rings is 1. The van der Waals surface area contributed by atoms with Gasteiger partial charge in [0, 0.05) is 37.5 Å². The van der Waals surface area contributed by atoms with Crippen LogP contribution in [-0.2, 0) is 17.9 Å². The van der Waals surface area contributed by atoms with Crippen molar-refractivity contribution in [3.63, 3.8) is 0 Å². The largest absolute Gasteiger partial charge is 0.483 e. The molecule has 0 aliphatic carbocycles. The molecule has 0 radical (unpaired) electrons. The van der Waals surface area contributed by atoms with Gasteiger partial charge in [0.05, 0.1) is 19.3 Å². The van der Waals surface area contributed by atoms with Crippen molar-refractivity contribution in [2.45, 2.75) is 19.2 Å². The van der Waals surface area contributed by atoms with Crippen molar-refractivity contribution >= 4 is 11.8 Å². The Morgan fingerprint density at radius 2 is 1.94 bits per heavy atom. The Hall–Kier alpha value is -4.05. The Morgan fingerprint density at radius 1 is 1.14 bits per heavy atom. The molecule has 36 heavy (non-hydrogen) atoms. The van der Waals surface area contributed by atoms with Gasteiger partial charge in [-0.2, -0.15) is 0 Å². The topological polar surface area (TPSA) is 89.9 Å². The van der Waals surface area contributed by atoms with Crippen molar-refractivity contribution in [2.75, 3.05) is 26.3 Å². The molecule has 186 valence electrons. The van der Waals surface area contributed by atoms with Crippen LogP contribution in [0, 0.1) is 11.6 Å². The number of hydrogen-bond acceptors (Lipinski definition) is 5. The van der Waals surface area contributed by atoms with Crippen LogP contribution in [-0.4, -0.2) is 47.6 Å². The fourth-order valence-corrected chi connectivity index (χ4v) is 4.36. The average molecular weight is 495 g/mol. The van der Waals surface area contributed by atoms with Crippen LogP contribution >= 0.6 is 0 Å². The van der Waals surface area contributed by atoms with Crippen LogP contribution in [0.2, 0.25) is 0 Å². The summed E-state index contributed by atoms with van der Waals surface area (Å²) in [7, 11) is 0. The fraction of sp³-hybridized carbons (Fsp3) is 0.269. The predicted molar refractivity (Wildman–Crippen MR) is 125 cm³/mol. The second-order valence-corrected chi connectivity index (χ2v) is 8.63. The second-order valence-electron chi connectivity index (χ2n) is 8.63. The highest BCUT2D eigenvalue weighted by Crippen LogP contribution is 2.29. The summed E-state index contributed by atoms with van der Waals surface area (Å²) in [5.74, 6) is -2.92. The SMILES string of the molecule is O=C(NCc1ccc(F)cc1F)c1cn2c(c(OCc3ccccc3)c1=O)C(=O)N1CCOC[C@H]2C1. The molecular weight excluding hydrogens is 472 g/mol. The third-order valence-corrected chi connectivity index (χ3v) is 6.25. The fourth-order valence-electron chi connectivity index (χ4n) is 4.36. The summed E-state index contributed by atoms with van der Waals surface area (Å²) in [6.45, 7) is 1.16. The van der Waals surface area contributed by atoms with E-state index in [9.17, 15) is 23.2 Å². The van der Waals surface area contributed by atoms with Crippen molar-refractivity contribution in [1.29, 1.82) is 0 Å². The minimum atomic E-state index is -0.814. The van der Waals surface area contributed by atoms with Crippen molar-refractivity contribution in [3.05, 3.63) is 99.0 Å². The van der Waals surface area contributed by atoms with E-state index in [0.29, 0.717) is 32.4 Å². The van der Waals surface area contributed by atoms with Crippen LogP contribution in [0.3, 0.4) is 0 Å². The molecule has 0 unspecified atom stereocenters. The first kappa shape index (κ1) is 23.7. The van der Waals surface area contributed by atoms with E-state index in [0.717, 1.165) is 11.6 Å². The zero-order chi connectivity index (χ0) is 25.2. The summed E-state index contributed by atoms with van der Waals surface area (Å²) in [5.41, 5.74) is -0.0926. The Morgan fingerprint density at radius 3 is 2.72 bits per heavy atom. The Balaban J connectivity index is 1.52. The van der Waals surface area contributed by atoms with E-state index in [1.165, 1.54) is 12.3 Å². The number of carbonyl (C=O) groups is 2. The van der Waals surface area contributed by atoms with Crippen LogP contribution in [0.15, 0.2) is 59.5 Å². The summed E-state index contributed by atoms with van der Waals surface area (Å²) in [4.78, 5) is 41.4. The minimum absolute atomic E-state index is 0.0173. The van der Waals surface area contributed by atoms with Crippen LogP contribution < -0.4 is 15.5 Å². The number of halogens is 2. The molecule has 1 fully saturated rings. The molecule has 3 aromatic rings. The summed E-state index contributed by atoms with van der Waals surface area (Å²) < 4.78 is 40.3. The molecule has 1 N–H and O–H groups in total. The molecule has 2 amide bonds. The molecule has 1 aromatic heterocycles. The molecule has 0 saturated carbocycles. The highest BCUT2D eigenvalue weighted by Gasteiger charge is 2.37. The van der Waals surface area contributed by atoms with Gasteiger partial charge >= 0.3 is 0 Å². The van der Waals surface area contributed by atoms with Crippen LogP contribution in [0.1, 0.15) is 38.0 Å². The lowest BCUT2D eigenvalue weighted by Gasteiger charge is -2.34. The number of fused-ring (bicyclic) bond motifs is 4. The normalized spacial score (nSPS) is 16.8. The number of ether oxygens (including phenoxy) is 2. The molecule has 5 rings (SSSR count). The molecule has 1 saturated heterocycles. The van der Waals surface area contributed by atoms with Gasteiger partial charge in [-0.15, -0.1) is 0 Å². The first-order chi connectivity index (χ1) is 17.4. The molecule has 0 spiro atoms. The summed E-state index contributed by atoms with van der Waals surface area (Å²) >= 11 is 0. The van der Waals surface area contributed by atoms with E-state index >= 15 is 0 Å². The minimum Gasteiger partial charge on any atom is -0.483 e. The molecule has 3 heterocycles. The van der Waals surface area contributed by atoms with Crippen LogP contribution in [0.25, 0.3) is 0 Å². The van der Waals surface area contributed by atoms with Crippen molar-refractivity contribution in [3.8, 4) is 5.75 Å². The van der Waals surface area contributed by atoms with E-state index in [2.05, 4.69) is 5.32 Å². The van der Waals surface area contributed by atoms with Crippen LogP contribution in [0.5, 0.6) is 5.75 Å². The number of nitrogens with one attached hydrogen (secondary N) is 1. The molecule has 2 bridgehead atoms. The quantitative estimate of drug-likeness (QED) is 0.568. The second kappa shape index (κ2) is 9.90. The van der Waals surface area contributed by atoms with E-state index < -0.39 is 23.0 Å². The number of hydrogen-bond donors (Lipinski definition) is 1. The number of amides is 2. The van der Waals surface area contributed by atoms with Gasteiger partial charge in [0.15, 0.2) is 11.4 Å². The standard InChI is InChI=1S/C26H23F2N3O5/c27-18-7-6-17(21(28)10-18)11-29-25(33)20-13-31-19-12-30(8-9-35-15-19)26(34)22(31)24(23(20)32)36-14-16-4-2-1-3-5-16/h1-7,10,13,19H,8-9,11-12,14-15H2,(H,29,33)/t19-/m1/s1. The number of rotatable bonds is 6. The van der Waals surface area contributed by atoms with Crippen LogP contribution in [0.4, 0.5) is 8.78 Å². The highest BCUT2D eigenvalue weighted by molar-refractivity contribution is 5.99. The van der Waals surface area contributed by atoms with E-state index in [1.54, 1.807) is 9.47 Å². The monoisotopic (exact) mass is 495 g/mol. The third kappa shape index (κ3) is 4.59. The van der Waals surface area contributed by atoms with Gasteiger partial charge in [-0.25, -0.2) is 8.78 Å². The maximum absolute atomic E-state index is 14.0. The lowest BCUT2D eigenvalue weighted by Crippen LogP contribution is -2.45. The maximum Gasteiger partial charge on any atom is 0.274 e. The zero-order valence-electron chi connectivity index (χ0n) is 19.2. The lowest BCUT2D eigenvalue weighted by atomic mass is 10.1. The summed E-state index contributed by atoms with van der Waals surface area (Å²) in [5, 5.41) is 2.51. The van der Waals surface area contributed by atoms with E-state index in [1.807, 2.05) is 30.3 Å². The van der Waals surface area contributed by atoms with E-state index in [4.69, 9.17) is 9.47 Å². The molecular formula is C26H23F2N3O5. The van der Waals surface area contributed by atoms with Gasteiger partial charge in [-0.1, -0.05) is 36.4 Å². The highest BCUT2D eigenvalue weighted by atomic mass is 19.1. The molecule has 2 aliphatic heterocycles. The van der Waals surface area contributed by atoms with Gasteiger partial charge in [-0.3, -0.25) is 14.4 Å². The predicted octanol–water partition coefficient (Wildman–Crippen LogP) is 2.66. The third-order valence-electron chi connectivity index (χ3n) is 6.25. The molecule has 8 nitrogen and oxygen atoms in total. The zero-order valence-corrected chi connectivity index (χ0v) is 19.2. The van der Waals surface area contributed by atoms with Crippen molar-refractivity contribution < 1.29 is 27.8 Å². The number of carbonyl (C=O) groups excluding carboxylic acids is 2.